The van der Waals surface area contributed by atoms with Crippen molar-refractivity contribution in [2.24, 2.45) is 5.73 Å². The van der Waals surface area contributed by atoms with Crippen LogP contribution in [0.2, 0.25) is 5.02 Å². The lowest BCUT2D eigenvalue weighted by molar-refractivity contribution is 0.754. The first-order valence-electron chi connectivity index (χ1n) is 5.16. The van der Waals surface area contributed by atoms with Gasteiger partial charge in [0.05, 0.1) is 16.8 Å². The number of halogens is 1. The van der Waals surface area contributed by atoms with Gasteiger partial charge in [0.2, 0.25) is 0 Å². The molecule has 0 spiro atoms. The summed E-state index contributed by atoms with van der Waals surface area (Å²) in [6.07, 6.45) is 0. The van der Waals surface area contributed by atoms with E-state index in [1.54, 1.807) is 0 Å². The fraction of sp³-hybridized carbons (Fsp3) is 0.250. The lowest BCUT2D eigenvalue weighted by Crippen LogP contribution is -2.06. The average Bonchev–Trinajstić information content (AvgIpc) is 2.61. The van der Waals surface area contributed by atoms with Crippen LogP contribution in [0.15, 0.2) is 24.3 Å². The van der Waals surface area contributed by atoms with Gasteiger partial charge in [-0.3, -0.25) is 0 Å². The van der Waals surface area contributed by atoms with Crippen LogP contribution in [0.25, 0.3) is 11.3 Å². The zero-order chi connectivity index (χ0) is 11.7. The minimum atomic E-state index is -0.102. The Morgan fingerprint density at radius 3 is 2.62 bits per heavy atom. The molecule has 0 amide bonds. The van der Waals surface area contributed by atoms with Gasteiger partial charge in [0, 0.05) is 11.3 Å². The monoisotopic (exact) mass is 235 g/mol. The number of benzene rings is 1. The highest BCUT2D eigenvalue weighted by atomic mass is 35.5. The molecule has 1 heterocycles. The molecule has 0 bridgehead atoms. The van der Waals surface area contributed by atoms with Crippen molar-refractivity contribution in [3.05, 3.63) is 40.8 Å². The molecule has 2 rings (SSSR count). The Kier molecular flexibility index (Phi) is 2.99. The first-order valence-corrected chi connectivity index (χ1v) is 5.54. The lowest BCUT2D eigenvalue weighted by Gasteiger charge is -2.01. The van der Waals surface area contributed by atoms with Crippen molar-refractivity contribution < 1.29 is 0 Å². The largest absolute Gasteiger partial charge is 0.344 e. The van der Waals surface area contributed by atoms with Crippen LogP contribution < -0.4 is 5.73 Å². The summed E-state index contributed by atoms with van der Waals surface area (Å²) < 4.78 is 0. The normalized spacial score (nSPS) is 12.8. The van der Waals surface area contributed by atoms with Gasteiger partial charge in [-0.15, -0.1) is 0 Å². The molecule has 1 aromatic heterocycles. The first kappa shape index (κ1) is 11.2. The van der Waals surface area contributed by atoms with E-state index < -0.39 is 0 Å². The molecule has 1 atom stereocenters. The van der Waals surface area contributed by atoms with Crippen LogP contribution in [-0.2, 0) is 0 Å². The van der Waals surface area contributed by atoms with Crippen LogP contribution in [0.4, 0.5) is 0 Å². The van der Waals surface area contributed by atoms with Gasteiger partial charge in [0.25, 0.3) is 0 Å². The summed E-state index contributed by atoms with van der Waals surface area (Å²) in [7, 11) is 0. The highest BCUT2D eigenvalue weighted by Crippen LogP contribution is 2.29. The molecule has 0 saturated carbocycles. The molecule has 1 unspecified atom stereocenters. The SMILES string of the molecule is Cc1[nH]c(C(C)N)nc1-c1ccccc1Cl. The van der Waals surface area contributed by atoms with Gasteiger partial charge in [-0.25, -0.2) is 4.98 Å². The maximum Gasteiger partial charge on any atom is 0.123 e. The third kappa shape index (κ3) is 1.96. The van der Waals surface area contributed by atoms with Crippen LogP contribution in [-0.4, -0.2) is 9.97 Å². The summed E-state index contributed by atoms with van der Waals surface area (Å²) in [5, 5.41) is 0.702. The van der Waals surface area contributed by atoms with Crippen molar-refractivity contribution in [1.29, 1.82) is 0 Å². The maximum atomic E-state index is 6.13. The van der Waals surface area contributed by atoms with Gasteiger partial charge in [0.1, 0.15) is 5.82 Å². The molecule has 3 nitrogen and oxygen atoms in total. The smallest absolute Gasteiger partial charge is 0.123 e. The van der Waals surface area contributed by atoms with Crippen LogP contribution in [0.5, 0.6) is 0 Å². The van der Waals surface area contributed by atoms with Crippen molar-refractivity contribution in [1.82, 2.24) is 9.97 Å². The second kappa shape index (κ2) is 4.28. The highest BCUT2D eigenvalue weighted by Gasteiger charge is 2.13. The quantitative estimate of drug-likeness (QED) is 0.841. The minimum Gasteiger partial charge on any atom is -0.344 e. The van der Waals surface area contributed by atoms with Gasteiger partial charge in [0.15, 0.2) is 0 Å². The fourth-order valence-electron chi connectivity index (χ4n) is 1.61. The van der Waals surface area contributed by atoms with E-state index in [0.29, 0.717) is 5.02 Å². The molecule has 1 aromatic carbocycles. The van der Waals surface area contributed by atoms with E-state index in [1.165, 1.54) is 0 Å². The average molecular weight is 236 g/mol. The number of rotatable bonds is 2. The highest BCUT2D eigenvalue weighted by molar-refractivity contribution is 6.33. The van der Waals surface area contributed by atoms with E-state index in [9.17, 15) is 0 Å². The first-order chi connectivity index (χ1) is 7.59. The number of hydrogen-bond donors (Lipinski definition) is 2. The van der Waals surface area contributed by atoms with E-state index in [2.05, 4.69) is 9.97 Å². The third-order valence-electron chi connectivity index (χ3n) is 2.46. The van der Waals surface area contributed by atoms with Crippen molar-refractivity contribution >= 4 is 11.6 Å². The summed E-state index contributed by atoms with van der Waals surface area (Å²) in [6, 6.07) is 7.56. The van der Waals surface area contributed by atoms with Crippen LogP contribution in [0, 0.1) is 6.92 Å². The van der Waals surface area contributed by atoms with Crippen molar-refractivity contribution in [3.63, 3.8) is 0 Å². The zero-order valence-corrected chi connectivity index (χ0v) is 10.0. The number of imidazole rings is 1. The molecule has 16 heavy (non-hydrogen) atoms. The lowest BCUT2D eigenvalue weighted by atomic mass is 10.1. The van der Waals surface area contributed by atoms with Gasteiger partial charge in [-0.05, 0) is 19.9 Å². The molecule has 84 valence electrons. The van der Waals surface area contributed by atoms with Gasteiger partial charge in [-0.2, -0.15) is 0 Å². The number of aryl methyl sites for hydroxylation is 1. The number of hydrogen-bond acceptors (Lipinski definition) is 2. The van der Waals surface area contributed by atoms with E-state index in [-0.39, 0.29) is 6.04 Å². The Hall–Kier alpha value is -1.32. The summed E-state index contributed by atoms with van der Waals surface area (Å²) in [4.78, 5) is 7.65. The van der Waals surface area contributed by atoms with E-state index >= 15 is 0 Å². The van der Waals surface area contributed by atoms with Gasteiger partial charge >= 0.3 is 0 Å². The fourth-order valence-corrected chi connectivity index (χ4v) is 1.84. The van der Waals surface area contributed by atoms with Gasteiger partial charge < -0.3 is 10.7 Å². The Labute approximate surface area is 99.7 Å². The molecule has 0 radical (unpaired) electrons. The third-order valence-corrected chi connectivity index (χ3v) is 2.79. The number of H-pyrrole nitrogens is 1. The minimum absolute atomic E-state index is 0.102. The second-order valence-corrected chi connectivity index (χ2v) is 4.27. The molecule has 0 saturated heterocycles. The summed E-state index contributed by atoms with van der Waals surface area (Å²) in [6.45, 7) is 3.87. The van der Waals surface area contributed by atoms with Crippen molar-refractivity contribution in [2.75, 3.05) is 0 Å². The number of nitrogens with two attached hydrogens (primary N) is 1. The molecule has 3 N–H and O–H groups in total. The molecule has 2 aromatic rings. The van der Waals surface area contributed by atoms with E-state index in [0.717, 1.165) is 22.8 Å². The van der Waals surface area contributed by atoms with Crippen LogP contribution in [0.3, 0.4) is 0 Å². The zero-order valence-electron chi connectivity index (χ0n) is 9.29. The number of nitrogens with zero attached hydrogens (tertiary/aromatic N) is 1. The number of aromatic amines is 1. The maximum absolute atomic E-state index is 6.13. The van der Waals surface area contributed by atoms with Crippen molar-refractivity contribution in [3.8, 4) is 11.3 Å². The van der Waals surface area contributed by atoms with Gasteiger partial charge in [-0.1, -0.05) is 29.8 Å². The Morgan fingerprint density at radius 1 is 1.38 bits per heavy atom. The molecule has 0 aliphatic heterocycles. The van der Waals surface area contributed by atoms with E-state index in [1.807, 2.05) is 38.1 Å². The molecular formula is C12H14ClN3. The topological polar surface area (TPSA) is 54.7 Å². The van der Waals surface area contributed by atoms with Crippen LogP contribution >= 0.6 is 11.6 Å². The van der Waals surface area contributed by atoms with Crippen LogP contribution in [0.1, 0.15) is 24.5 Å². The molecule has 0 aliphatic carbocycles. The Bertz CT molecular complexity index is 503. The number of nitrogens with one attached hydrogen (secondary N) is 1. The molecule has 4 heteroatoms. The summed E-state index contributed by atoms with van der Waals surface area (Å²) in [5.74, 6) is 0.785. The standard InChI is InChI=1S/C12H14ClN3/c1-7(14)12-15-8(2)11(16-12)9-5-3-4-6-10(9)13/h3-7H,14H2,1-2H3,(H,15,16). The molecular weight excluding hydrogens is 222 g/mol. The Morgan fingerprint density at radius 2 is 2.06 bits per heavy atom. The second-order valence-electron chi connectivity index (χ2n) is 3.86. The molecule has 0 fully saturated rings. The Balaban J connectivity index is 2.52. The predicted octanol–water partition coefficient (Wildman–Crippen LogP) is 3.06. The molecule has 0 aliphatic rings. The summed E-state index contributed by atoms with van der Waals surface area (Å²) in [5.41, 5.74) is 8.58. The van der Waals surface area contributed by atoms with Crippen molar-refractivity contribution in [2.45, 2.75) is 19.9 Å². The van der Waals surface area contributed by atoms with E-state index in [4.69, 9.17) is 17.3 Å². The summed E-state index contributed by atoms with van der Waals surface area (Å²) >= 11 is 6.13. The number of aromatic nitrogens is 2. The predicted molar refractivity (Wildman–Crippen MR) is 66.4 cm³/mol.